The minimum absolute atomic E-state index is 0.225. The summed E-state index contributed by atoms with van der Waals surface area (Å²) in [6, 6.07) is 19.1. The number of hydrazone groups is 1. The van der Waals surface area contributed by atoms with Crippen molar-refractivity contribution in [1.82, 2.24) is 5.43 Å². The van der Waals surface area contributed by atoms with Crippen LogP contribution < -0.4 is 15.5 Å². The van der Waals surface area contributed by atoms with E-state index < -0.39 is 5.97 Å². The Morgan fingerprint density at radius 3 is 2.45 bits per heavy atom. The Morgan fingerprint density at radius 2 is 1.72 bits per heavy atom. The van der Waals surface area contributed by atoms with Crippen LogP contribution in [0.5, 0.6) is 5.75 Å². The van der Waals surface area contributed by atoms with E-state index in [2.05, 4.69) is 15.8 Å². The highest BCUT2D eigenvalue weighted by Crippen LogP contribution is 2.18. The molecule has 3 aromatic carbocycles. The lowest BCUT2D eigenvalue weighted by molar-refractivity contribution is 0.0734. The summed E-state index contributed by atoms with van der Waals surface area (Å²) in [5.74, 6) is -0.503. The lowest BCUT2D eigenvalue weighted by Gasteiger charge is -2.08. The van der Waals surface area contributed by atoms with Crippen LogP contribution in [0.2, 0.25) is 5.02 Å². The number of ether oxygens (including phenoxy) is 1. The average Bonchev–Trinajstić information content (AvgIpc) is 2.71. The molecule has 146 valence electrons. The fourth-order valence-electron chi connectivity index (χ4n) is 2.28. The molecule has 0 bridgehead atoms. The van der Waals surface area contributed by atoms with E-state index >= 15 is 0 Å². The molecule has 8 heteroatoms. The molecule has 0 aliphatic carbocycles. The second-order valence-corrected chi connectivity index (χ2v) is 6.61. The molecule has 3 rings (SSSR count). The van der Waals surface area contributed by atoms with Gasteiger partial charge in [0.2, 0.25) is 0 Å². The molecule has 0 amide bonds. The maximum atomic E-state index is 12.9. The normalized spacial score (nSPS) is 10.6. The Labute approximate surface area is 177 Å². The van der Waals surface area contributed by atoms with Crippen molar-refractivity contribution in [1.29, 1.82) is 0 Å². The van der Waals surface area contributed by atoms with Crippen LogP contribution in [0.15, 0.2) is 77.9 Å². The molecule has 5 nitrogen and oxygen atoms in total. The third-order valence-corrected chi connectivity index (χ3v) is 4.12. The summed E-state index contributed by atoms with van der Waals surface area (Å²) in [7, 11) is 0. The van der Waals surface area contributed by atoms with Gasteiger partial charge in [0.05, 0.1) is 11.8 Å². The summed E-state index contributed by atoms with van der Waals surface area (Å²) in [5, 5.41) is 7.68. The second-order valence-electron chi connectivity index (χ2n) is 5.77. The van der Waals surface area contributed by atoms with Crippen LogP contribution >= 0.6 is 23.8 Å². The van der Waals surface area contributed by atoms with Gasteiger partial charge < -0.3 is 10.1 Å². The highest BCUT2D eigenvalue weighted by molar-refractivity contribution is 7.80. The van der Waals surface area contributed by atoms with Crippen LogP contribution in [-0.2, 0) is 0 Å². The molecule has 0 aliphatic heterocycles. The first-order chi connectivity index (χ1) is 14.0. The van der Waals surface area contributed by atoms with Gasteiger partial charge in [-0.15, -0.1) is 0 Å². The molecule has 0 aromatic heterocycles. The predicted octanol–water partition coefficient (Wildman–Crippen LogP) is 5.02. The van der Waals surface area contributed by atoms with Crippen molar-refractivity contribution in [3.05, 3.63) is 94.8 Å². The predicted molar refractivity (Wildman–Crippen MR) is 116 cm³/mol. The number of rotatable bonds is 5. The highest BCUT2D eigenvalue weighted by Gasteiger charge is 2.10. The van der Waals surface area contributed by atoms with Gasteiger partial charge in [-0.3, -0.25) is 5.43 Å². The monoisotopic (exact) mass is 427 g/mol. The van der Waals surface area contributed by atoms with Crippen molar-refractivity contribution in [2.45, 2.75) is 0 Å². The molecule has 0 heterocycles. The van der Waals surface area contributed by atoms with E-state index in [4.69, 9.17) is 28.6 Å². The molecule has 0 aliphatic rings. The van der Waals surface area contributed by atoms with Crippen LogP contribution in [0.4, 0.5) is 10.1 Å². The van der Waals surface area contributed by atoms with Crippen LogP contribution in [0.25, 0.3) is 0 Å². The lowest BCUT2D eigenvalue weighted by Crippen LogP contribution is -2.23. The molecular weight excluding hydrogens is 413 g/mol. The van der Waals surface area contributed by atoms with Crippen LogP contribution in [0, 0.1) is 5.82 Å². The molecule has 2 N–H and O–H groups in total. The van der Waals surface area contributed by atoms with Gasteiger partial charge in [-0.05, 0) is 72.9 Å². The minimum Gasteiger partial charge on any atom is -0.422 e. The SMILES string of the molecule is O=C(Oc1ccccc1C=NNC(=S)Nc1ccc(F)cc1)c1ccc(Cl)cc1. The molecule has 0 fully saturated rings. The Balaban J connectivity index is 1.62. The molecule has 0 atom stereocenters. The zero-order valence-electron chi connectivity index (χ0n) is 14.9. The Kier molecular flexibility index (Phi) is 6.89. The summed E-state index contributed by atoms with van der Waals surface area (Å²) in [4.78, 5) is 12.3. The van der Waals surface area contributed by atoms with E-state index in [0.717, 1.165) is 0 Å². The molecule has 0 spiro atoms. The first-order valence-corrected chi connectivity index (χ1v) is 9.22. The van der Waals surface area contributed by atoms with E-state index in [0.29, 0.717) is 27.6 Å². The maximum Gasteiger partial charge on any atom is 0.343 e. The summed E-state index contributed by atoms with van der Waals surface area (Å²) in [5.41, 5.74) is 4.23. The van der Waals surface area contributed by atoms with Gasteiger partial charge in [0.25, 0.3) is 0 Å². The van der Waals surface area contributed by atoms with E-state index in [9.17, 15) is 9.18 Å². The van der Waals surface area contributed by atoms with Gasteiger partial charge in [-0.2, -0.15) is 5.10 Å². The van der Waals surface area contributed by atoms with E-state index in [1.807, 2.05) is 0 Å². The molecule has 0 saturated carbocycles. The van der Waals surface area contributed by atoms with Crippen molar-refractivity contribution in [3.8, 4) is 5.75 Å². The Bertz CT molecular complexity index is 1040. The standard InChI is InChI=1S/C21H15ClFN3O2S/c22-16-7-5-14(6-8-16)20(27)28-19-4-2-1-3-15(19)13-24-26-21(29)25-18-11-9-17(23)10-12-18/h1-13H,(H2,25,26,29). The third kappa shape index (κ3) is 6.10. The number of halogens is 2. The zero-order valence-corrected chi connectivity index (χ0v) is 16.5. The Morgan fingerprint density at radius 1 is 1.03 bits per heavy atom. The Hall–Kier alpha value is -3.29. The van der Waals surface area contributed by atoms with Crippen LogP contribution in [-0.4, -0.2) is 17.3 Å². The summed E-state index contributed by atoms with van der Waals surface area (Å²) in [6.07, 6.45) is 1.48. The quantitative estimate of drug-likeness (QED) is 0.197. The first kappa shape index (κ1) is 20.4. The number of nitrogens with zero attached hydrogens (tertiary/aromatic N) is 1. The van der Waals surface area contributed by atoms with Crippen molar-refractivity contribution in [3.63, 3.8) is 0 Å². The average molecular weight is 428 g/mol. The molecular formula is C21H15ClFN3O2S. The van der Waals surface area contributed by atoms with Gasteiger partial charge in [-0.25, -0.2) is 9.18 Å². The highest BCUT2D eigenvalue weighted by atomic mass is 35.5. The number of nitrogens with one attached hydrogen (secondary N) is 2. The summed E-state index contributed by atoms with van der Waals surface area (Å²) in [6.45, 7) is 0. The zero-order chi connectivity index (χ0) is 20.6. The second kappa shape index (κ2) is 9.77. The number of hydrogen-bond donors (Lipinski definition) is 2. The number of para-hydroxylation sites is 1. The van der Waals surface area contributed by atoms with Crippen molar-refractivity contribution in [2.24, 2.45) is 5.10 Å². The molecule has 3 aromatic rings. The summed E-state index contributed by atoms with van der Waals surface area (Å²) >= 11 is 11.0. The number of thiocarbonyl (C=S) groups is 1. The summed E-state index contributed by atoms with van der Waals surface area (Å²) < 4.78 is 18.4. The smallest absolute Gasteiger partial charge is 0.343 e. The maximum absolute atomic E-state index is 12.9. The topological polar surface area (TPSA) is 62.7 Å². The number of anilines is 1. The fraction of sp³-hybridized carbons (Fsp3) is 0. The van der Waals surface area contributed by atoms with E-state index in [1.165, 1.54) is 18.3 Å². The number of carbonyl (C=O) groups is 1. The lowest BCUT2D eigenvalue weighted by atomic mass is 10.2. The van der Waals surface area contributed by atoms with Crippen molar-refractivity contribution < 1.29 is 13.9 Å². The van der Waals surface area contributed by atoms with Crippen LogP contribution in [0.3, 0.4) is 0 Å². The van der Waals surface area contributed by atoms with Gasteiger partial charge >= 0.3 is 5.97 Å². The molecule has 0 saturated heterocycles. The molecule has 0 radical (unpaired) electrons. The number of carbonyl (C=O) groups excluding carboxylic acids is 1. The van der Waals surface area contributed by atoms with Gasteiger partial charge in [0.1, 0.15) is 11.6 Å². The number of hydrogen-bond acceptors (Lipinski definition) is 4. The van der Waals surface area contributed by atoms with E-state index in [1.54, 1.807) is 60.7 Å². The van der Waals surface area contributed by atoms with Gasteiger partial charge in [0.15, 0.2) is 5.11 Å². The first-order valence-electron chi connectivity index (χ1n) is 8.44. The number of benzene rings is 3. The molecule has 0 unspecified atom stereocenters. The fourth-order valence-corrected chi connectivity index (χ4v) is 2.57. The largest absolute Gasteiger partial charge is 0.422 e. The molecule has 29 heavy (non-hydrogen) atoms. The van der Waals surface area contributed by atoms with Gasteiger partial charge in [0, 0.05) is 16.3 Å². The number of esters is 1. The third-order valence-electron chi connectivity index (χ3n) is 3.67. The van der Waals surface area contributed by atoms with Crippen molar-refractivity contribution >= 4 is 46.8 Å². The van der Waals surface area contributed by atoms with Crippen LogP contribution in [0.1, 0.15) is 15.9 Å². The van der Waals surface area contributed by atoms with Gasteiger partial charge in [-0.1, -0.05) is 23.7 Å². The van der Waals surface area contributed by atoms with Crippen molar-refractivity contribution in [2.75, 3.05) is 5.32 Å². The minimum atomic E-state index is -0.510. The van der Waals surface area contributed by atoms with E-state index in [-0.39, 0.29) is 10.9 Å².